The molecule has 8 nitrogen and oxygen atoms in total. The highest BCUT2D eigenvalue weighted by Crippen LogP contribution is 2.23. The molecule has 2 aromatic heterocycles. The summed E-state index contributed by atoms with van der Waals surface area (Å²) in [6.45, 7) is 5.36. The van der Waals surface area contributed by atoms with Crippen molar-refractivity contribution in [2.24, 2.45) is 0 Å². The van der Waals surface area contributed by atoms with Crippen molar-refractivity contribution in [3.63, 3.8) is 0 Å². The Morgan fingerprint density at radius 1 is 1.33 bits per heavy atom. The first-order valence-corrected chi connectivity index (χ1v) is 8.98. The molecule has 0 bridgehead atoms. The van der Waals surface area contributed by atoms with Crippen molar-refractivity contribution in [2.45, 2.75) is 46.2 Å². The molecule has 0 spiro atoms. The number of nitrogen functional groups attached to an aromatic ring is 1. The van der Waals surface area contributed by atoms with Crippen LogP contribution in [0.4, 0.5) is 11.5 Å². The molecule has 2 rings (SSSR count). The Morgan fingerprint density at radius 3 is 2.67 bits per heavy atom. The standard InChI is InChI=1S/C14H21ClN6O2S/c1-3-5-7-21-12(16)10(13(22)17-14(21)23)20(6-4-2)8-9-11(15)24-19-18-9/h3-8,16H2,1-2H3,(H,17,22,23). The zero-order chi connectivity index (χ0) is 17.7. The molecule has 132 valence electrons. The normalized spacial score (nSPS) is 11.0. The van der Waals surface area contributed by atoms with Crippen molar-refractivity contribution < 1.29 is 0 Å². The van der Waals surface area contributed by atoms with E-state index in [9.17, 15) is 9.59 Å². The highest BCUT2D eigenvalue weighted by Gasteiger charge is 2.20. The number of anilines is 2. The van der Waals surface area contributed by atoms with Gasteiger partial charge in [-0.25, -0.2) is 4.79 Å². The number of halogens is 1. The van der Waals surface area contributed by atoms with Crippen LogP contribution >= 0.6 is 23.1 Å². The van der Waals surface area contributed by atoms with Crippen molar-refractivity contribution in [1.82, 2.24) is 19.1 Å². The van der Waals surface area contributed by atoms with Crippen LogP contribution in [-0.2, 0) is 13.1 Å². The number of aromatic amines is 1. The predicted octanol–water partition coefficient (Wildman–Crippen LogP) is 1.84. The van der Waals surface area contributed by atoms with Gasteiger partial charge in [-0.05, 0) is 12.8 Å². The molecule has 2 aromatic rings. The van der Waals surface area contributed by atoms with Gasteiger partial charge in [0.15, 0.2) is 0 Å². The summed E-state index contributed by atoms with van der Waals surface area (Å²) in [4.78, 5) is 28.5. The maximum Gasteiger partial charge on any atom is 0.330 e. The van der Waals surface area contributed by atoms with Crippen LogP contribution in [0.1, 0.15) is 38.8 Å². The summed E-state index contributed by atoms with van der Waals surface area (Å²) in [5.74, 6) is 0.171. The van der Waals surface area contributed by atoms with E-state index in [-0.39, 0.29) is 11.5 Å². The van der Waals surface area contributed by atoms with Gasteiger partial charge in [-0.15, -0.1) is 5.10 Å². The minimum Gasteiger partial charge on any atom is -0.383 e. The molecule has 0 aromatic carbocycles. The number of rotatable bonds is 8. The SMILES string of the molecule is CCCCn1c(N)c(N(CCC)Cc2nnsc2Cl)c(=O)[nH]c1=O. The van der Waals surface area contributed by atoms with E-state index in [0.717, 1.165) is 30.8 Å². The average Bonchev–Trinajstić information content (AvgIpc) is 2.92. The van der Waals surface area contributed by atoms with Crippen LogP contribution < -0.4 is 21.9 Å². The lowest BCUT2D eigenvalue weighted by Crippen LogP contribution is -2.38. The van der Waals surface area contributed by atoms with Crippen molar-refractivity contribution in [2.75, 3.05) is 17.2 Å². The van der Waals surface area contributed by atoms with Crippen LogP contribution in [0.5, 0.6) is 0 Å². The zero-order valence-electron chi connectivity index (χ0n) is 13.7. The van der Waals surface area contributed by atoms with Gasteiger partial charge in [0.05, 0.1) is 6.54 Å². The Balaban J connectivity index is 2.47. The van der Waals surface area contributed by atoms with Crippen LogP contribution in [0.15, 0.2) is 9.59 Å². The van der Waals surface area contributed by atoms with E-state index >= 15 is 0 Å². The zero-order valence-corrected chi connectivity index (χ0v) is 15.3. The molecule has 0 unspecified atom stereocenters. The molecule has 0 atom stereocenters. The van der Waals surface area contributed by atoms with Crippen LogP contribution in [0, 0.1) is 0 Å². The lowest BCUT2D eigenvalue weighted by molar-refractivity contribution is 0.601. The van der Waals surface area contributed by atoms with E-state index in [4.69, 9.17) is 17.3 Å². The van der Waals surface area contributed by atoms with E-state index in [1.54, 1.807) is 4.90 Å². The number of nitrogens with one attached hydrogen (secondary N) is 1. The molecular formula is C14H21ClN6O2S. The second-order valence-corrected chi connectivity index (χ2v) is 6.77. The first-order chi connectivity index (χ1) is 11.5. The Labute approximate surface area is 148 Å². The summed E-state index contributed by atoms with van der Waals surface area (Å²) >= 11 is 7.16. The first-order valence-electron chi connectivity index (χ1n) is 7.83. The molecule has 0 radical (unpaired) electrons. The van der Waals surface area contributed by atoms with Crippen molar-refractivity contribution >= 4 is 34.6 Å². The second kappa shape index (κ2) is 8.29. The smallest absolute Gasteiger partial charge is 0.330 e. The third kappa shape index (κ3) is 3.96. The van der Waals surface area contributed by atoms with E-state index in [1.807, 2.05) is 13.8 Å². The molecule has 3 N–H and O–H groups in total. The van der Waals surface area contributed by atoms with Gasteiger partial charge in [-0.3, -0.25) is 14.3 Å². The fourth-order valence-corrected chi connectivity index (χ4v) is 3.05. The predicted molar refractivity (Wildman–Crippen MR) is 96.9 cm³/mol. The van der Waals surface area contributed by atoms with Crippen LogP contribution in [0.3, 0.4) is 0 Å². The number of aromatic nitrogens is 4. The average molecular weight is 373 g/mol. The fourth-order valence-electron chi connectivity index (χ4n) is 2.43. The number of unbranched alkanes of at least 4 members (excludes halogenated alkanes) is 1. The van der Waals surface area contributed by atoms with Gasteiger partial charge >= 0.3 is 5.69 Å². The highest BCUT2D eigenvalue weighted by molar-refractivity contribution is 7.10. The molecule has 24 heavy (non-hydrogen) atoms. The van der Waals surface area contributed by atoms with Gasteiger partial charge in [0, 0.05) is 24.6 Å². The highest BCUT2D eigenvalue weighted by atomic mass is 35.5. The maximum atomic E-state index is 12.4. The number of nitrogens with two attached hydrogens (primary N) is 1. The Kier molecular flexibility index (Phi) is 6.38. The Bertz CT molecular complexity index is 799. The minimum atomic E-state index is -0.502. The molecule has 10 heteroatoms. The minimum absolute atomic E-state index is 0.171. The molecule has 0 aliphatic rings. The largest absolute Gasteiger partial charge is 0.383 e. The van der Waals surface area contributed by atoms with Gasteiger partial charge in [-0.2, -0.15) is 0 Å². The molecule has 0 amide bonds. The summed E-state index contributed by atoms with van der Waals surface area (Å²) in [7, 11) is 0. The van der Waals surface area contributed by atoms with Crippen molar-refractivity contribution in [3.8, 4) is 0 Å². The Morgan fingerprint density at radius 2 is 2.08 bits per heavy atom. The maximum absolute atomic E-state index is 12.4. The molecule has 0 saturated heterocycles. The van der Waals surface area contributed by atoms with Crippen LogP contribution in [0.2, 0.25) is 4.34 Å². The van der Waals surface area contributed by atoms with E-state index < -0.39 is 11.2 Å². The quantitative estimate of drug-likeness (QED) is 0.731. The first kappa shape index (κ1) is 18.5. The van der Waals surface area contributed by atoms with Crippen LogP contribution in [-0.4, -0.2) is 25.7 Å². The van der Waals surface area contributed by atoms with Gasteiger partial charge < -0.3 is 10.6 Å². The van der Waals surface area contributed by atoms with Crippen molar-refractivity contribution in [3.05, 3.63) is 30.9 Å². The molecule has 0 aliphatic carbocycles. The van der Waals surface area contributed by atoms with E-state index in [0.29, 0.717) is 29.7 Å². The second-order valence-electron chi connectivity index (χ2n) is 5.41. The fraction of sp³-hybridized carbons (Fsp3) is 0.571. The third-order valence-corrected chi connectivity index (χ3v) is 4.59. The topological polar surface area (TPSA) is 110 Å². The van der Waals surface area contributed by atoms with Gasteiger partial charge in [0.25, 0.3) is 5.56 Å². The van der Waals surface area contributed by atoms with E-state index in [1.165, 1.54) is 4.57 Å². The molecular weight excluding hydrogens is 352 g/mol. The third-order valence-electron chi connectivity index (χ3n) is 3.61. The van der Waals surface area contributed by atoms with Gasteiger partial charge in [-0.1, -0.05) is 36.4 Å². The summed E-state index contributed by atoms with van der Waals surface area (Å²) in [6.07, 6.45) is 2.51. The molecule has 0 fully saturated rings. The molecule has 0 aliphatic heterocycles. The number of hydrogen-bond donors (Lipinski definition) is 2. The molecule has 2 heterocycles. The number of H-pyrrole nitrogens is 1. The summed E-state index contributed by atoms with van der Waals surface area (Å²) in [5, 5.41) is 3.99. The van der Waals surface area contributed by atoms with Gasteiger partial charge in [0.2, 0.25) is 0 Å². The van der Waals surface area contributed by atoms with Crippen LogP contribution in [0.25, 0.3) is 0 Å². The lowest BCUT2D eigenvalue weighted by Gasteiger charge is -2.25. The summed E-state index contributed by atoms with van der Waals surface area (Å²) < 4.78 is 5.69. The van der Waals surface area contributed by atoms with E-state index in [2.05, 4.69) is 14.6 Å². The molecule has 0 saturated carbocycles. The van der Waals surface area contributed by atoms with Gasteiger partial charge in [0.1, 0.15) is 21.5 Å². The monoisotopic (exact) mass is 372 g/mol. The lowest BCUT2D eigenvalue weighted by atomic mass is 10.3. The number of nitrogens with zero attached hydrogens (tertiary/aromatic N) is 4. The summed E-state index contributed by atoms with van der Waals surface area (Å²) in [6, 6.07) is 0. The number of hydrogen-bond acceptors (Lipinski definition) is 7. The summed E-state index contributed by atoms with van der Waals surface area (Å²) in [5.41, 5.74) is 6.03. The van der Waals surface area contributed by atoms with Crippen molar-refractivity contribution in [1.29, 1.82) is 0 Å². The Hall–Kier alpha value is -1.87.